The zero-order valence-corrected chi connectivity index (χ0v) is 11.9. The molecule has 8 nitrogen and oxygen atoms in total. The molecule has 0 saturated carbocycles. The van der Waals surface area contributed by atoms with Crippen molar-refractivity contribution in [3.8, 4) is 0 Å². The lowest BCUT2D eigenvalue weighted by molar-refractivity contribution is -0.0256. The molecule has 116 valence electrons. The van der Waals surface area contributed by atoms with E-state index >= 15 is 0 Å². The first-order valence-corrected chi connectivity index (χ1v) is 7.05. The van der Waals surface area contributed by atoms with E-state index in [1.54, 1.807) is 4.90 Å². The van der Waals surface area contributed by atoms with E-state index in [0.717, 1.165) is 0 Å². The molecule has 0 aromatic carbocycles. The summed E-state index contributed by atoms with van der Waals surface area (Å²) in [7, 11) is 0. The van der Waals surface area contributed by atoms with Gasteiger partial charge in [-0.2, -0.15) is 0 Å². The summed E-state index contributed by atoms with van der Waals surface area (Å²) in [5.74, 6) is 0.0528. The summed E-state index contributed by atoms with van der Waals surface area (Å²) in [5.41, 5.74) is 0.544. The second kappa shape index (κ2) is 6.52. The van der Waals surface area contributed by atoms with Gasteiger partial charge in [0.2, 0.25) is 5.76 Å². The van der Waals surface area contributed by atoms with E-state index in [0.29, 0.717) is 38.2 Å². The Balaban J connectivity index is 1.56. The van der Waals surface area contributed by atoms with Gasteiger partial charge in [-0.15, -0.1) is 0 Å². The topological polar surface area (TPSA) is 101 Å². The second-order valence-electron chi connectivity index (χ2n) is 5.05. The molecule has 0 radical (unpaired) electrons. The van der Waals surface area contributed by atoms with E-state index in [4.69, 9.17) is 9.15 Å². The first kappa shape index (κ1) is 14.5. The van der Waals surface area contributed by atoms with Gasteiger partial charge in [-0.1, -0.05) is 0 Å². The lowest BCUT2D eigenvalue weighted by atomic mass is 10.1. The summed E-state index contributed by atoms with van der Waals surface area (Å²) in [6.07, 6.45) is 5.27. The summed E-state index contributed by atoms with van der Waals surface area (Å²) in [6, 6.07) is 1.47. The molecule has 1 saturated heterocycles. The van der Waals surface area contributed by atoms with Crippen molar-refractivity contribution in [2.24, 2.45) is 0 Å². The summed E-state index contributed by atoms with van der Waals surface area (Å²) in [5, 5.41) is 0. The van der Waals surface area contributed by atoms with E-state index in [1.165, 1.54) is 25.0 Å². The molecule has 0 aliphatic carbocycles. The van der Waals surface area contributed by atoms with Gasteiger partial charge in [0.15, 0.2) is 6.39 Å². The van der Waals surface area contributed by atoms with Crippen molar-refractivity contribution in [3.63, 3.8) is 0 Å². The average molecular weight is 304 g/mol. The molecule has 0 spiro atoms. The highest BCUT2D eigenvalue weighted by molar-refractivity contribution is 5.91. The van der Waals surface area contributed by atoms with Crippen LogP contribution in [0, 0.1) is 0 Å². The molecule has 0 bridgehead atoms. The van der Waals surface area contributed by atoms with Crippen molar-refractivity contribution in [2.75, 3.05) is 19.7 Å². The number of morpholine rings is 1. The lowest BCUT2D eigenvalue weighted by Gasteiger charge is -2.32. The van der Waals surface area contributed by atoms with Gasteiger partial charge in [0, 0.05) is 24.8 Å². The van der Waals surface area contributed by atoms with Crippen molar-refractivity contribution in [3.05, 3.63) is 46.8 Å². The van der Waals surface area contributed by atoms with Gasteiger partial charge >= 0.3 is 0 Å². The Kier molecular flexibility index (Phi) is 4.29. The van der Waals surface area contributed by atoms with Crippen molar-refractivity contribution in [1.29, 1.82) is 0 Å². The number of ether oxygens (including phenoxy) is 1. The molecule has 1 aliphatic rings. The maximum atomic E-state index is 12.2. The normalized spacial score (nSPS) is 18.4. The van der Waals surface area contributed by atoms with Gasteiger partial charge < -0.3 is 19.0 Å². The summed E-state index contributed by atoms with van der Waals surface area (Å²) >= 11 is 0. The molecule has 1 aliphatic heterocycles. The fraction of sp³-hybridized carbons (Fsp3) is 0.429. The zero-order valence-electron chi connectivity index (χ0n) is 11.9. The van der Waals surface area contributed by atoms with Crippen LogP contribution in [0.3, 0.4) is 0 Å². The van der Waals surface area contributed by atoms with Crippen LogP contribution in [-0.2, 0) is 11.2 Å². The smallest absolute Gasteiger partial charge is 0.291 e. The van der Waals surface area contributed by atoms with E-state index in [1.807, 2.05) is 0 Å². The number of hydrogen-bond acceptors (Lipinski definition) is 6. The average Bonchev–Trinajstić information content (AvgIpc) is 3.07. The number of carbonyl (C=O) groups excluding carboxylic acids is 1. The standard InChI is InChI=1S/C14H16N4O4/c19-13-5-10(16-8-17-13)1-2-11-7-18(3-4-21-11)14(20)12-6-15-9-22-12/h5-6,8-9,11H,1-4,7H2,(H,16,17,19)/t11-/m1/s1. The number of aryl methyl sites for hydroxylation is 1. The number of oxazole rings is 1. The summed E-state index contributed by atoms with van der Waals surface area (Å²) < 4.78 is 10.7. The Morgan fingerprint density at radius 1 is 1.50 bits per heavy atom. The van der Waals surface area contributed by atoms with Crippen LogP contribution in [0.5, 0.6) is 0 Å². The number of carbonyl (C=O) groups is 1. The van der Waals surface area contributed by atoms with Gasteiger partial charge in [0.25, 0.3) is 11.5 Å². The molecule has 1 fully saturated rings. The van der Waals surface area contributed by atoms with Gasteiger partial charge in [-0.05, 0) is 12.8 Å². The van der Waals surface area contributed by atoms with Crippen LogP contribution in [0.4, 0.5) is 0 Å². The Morgan fingerprint density at radius 3 is 3.18 bits per heavy atom. The third kappa shape index (κ3) is 3.40. The predicted octanol–water partition coefficient (Wildman–Crippen LogP) is 0.232. The minimum Gasteiger partial charge on any atom is -0.438 e. The number of nitrogens with one attached hydrogen (secondary N) is 1. The van der Waals surface area contributed by atoms with Crippen LogP contribution in [0.1, 0.15) is 22.7 Å². The molecule has 1 amide bonds. The maximum Gasteiger partial charge on any atom is 0.291 e. The Hall–Kier alpha value is -2.48. The lowest BCUT2D eigenvalue weighted by Crippen LogP contribution is -2.45. The molecule has 2 aromatic rings. The van der Waals surface area contributed by atoms with Crippen molar-refractivity contribution >= 4 is 5.91 Å². The van der Waals surface area contributed by atoms with Crippen molar-refractivity contribution in [1.82, 2.24) is 19.9 Å². The zero-order chi connectivity index (χ0) is 15.4. The Labute approximate surface area is 126 Å². The van der Waals surface area contributed by atoms with E-state index in [-0.39, 0.29) is 23.3 Å². The monoisotopic (exact) mass is 304 g/mol. The quantitative estimate of drug-likeness (QED) is 0.867. The maximum absolute atomic E-state index is 12.2. The van der Waals surface area contributed by atoms with E-state index in [2.05, 4.69) is 15.0 Å². The first-order valence-electron chi connectivity index (χ1n) is 7.05. The van der Waals surface area contributed by atoms with Gasteiger partial charge in [-0.25, -0.2) is 9.97 Å². The summed E-state index contributed by atoms with van der Waals surface area (Å²) in [4.78, 5) is 35.5. The molecule has 0 unspecified atom stereocenters. The van der Waals surface area contributed by atoms with E-state index in [9.17, 15) is 9.59 Å². The molecule has 2 aromatic heterocycles. The van der Waals surface area contributed by atoms with Crippen molar-refractivity contribution < 1.29 is 13.9 Å². The summed E-state index contributed by atoms with van der Waals surface area (Å²) in [6.45, 7) is 1.50. The molecule has 1 atom stereocenters. The Morgan fingerprint density at radius 2 is 2.41 bits per heavy atom. The third-order valence-corrected chi connectivity index (χ3v) is 3.53. The molecule has 1 N–H and O–H groups in total. The third-order valence-electron chi connectivity index (χ3n) is 3.53. The SMILES string of the molecule is O=C(c1cnco1)N1CCO[C@H](CCc2cc(=O)[nH]cn2)C1. The van der Waals surface area contributed by atoms with Crippen LogP contribution in [0.25, 0.3) is 0 Å². The number of rotatable bonds is 4. The highest BCUT2D eigenvalue weighted by atomic mass is 16.5. The van der Waals surface area contributed by atoms with Crippen LogP contribution in [-0.4, -0.2) is 51.6 Å². The molecule has 3 rings (SSSR count). The van der Waals surface area contributed by atoms with Gasteiger partial charge in [0.1, 0.15) is 0 Å². The van der Waals surface area contributed by atoms with Gasteiger partial charge in [-0.3, -0.25) is 9.59 Å². The second-order valence-corrected chi connectivity index (χ2v) is 5.05. The molecule has 3 heterocycles. The molecular formula is C14H16N4O4. The van der Waals surface area contributed by atoms with Crippen LogP contribution < -0.4 is 5.56 Å². The number of nitrogens with zero attached hydrogens (tertiary/aromatic N) is 3. The number of aromatic amines is 1. The van der Waals surface area contributed by atoms with Gasteiger partial charge in [0.05, 0.1) is 25.2 Å². The molecule has 8 heteroatoms. The van der Waals surface area contributed by atoms with Crippen LogP contribution in [0.2, 0.25) is 0 Å². The Bertz CT molecular complexity index is 682. The first-order chi connectivity index (χ1) is 10.7. The van der Waals surface area contributed by atoms with E-state index < -0.39 is 0 Å². The van der Waals surface area contributed by atoms with Crippen LogP contribution in [0.15, 0.2) is 34.2 Å². The number of aromatic nitrogens is 3. The number of amides is 1. The number of hydrogen-bond donors (Lipinski definition) is 1. The number of H-pyrrole nitrogens is 1. The van der Waals surface area contributed by atoms with Crippen LogP contribution >= 0.6 is 0 Å². The fourth-order valence-electron chi connectivity index (χ4n) is 2.41. The fourth-order valence-corrected chi connectivity index (χ4v) is 2.41. The predicted molar refractivity (Wildman–Crippen MR) is 75.3 cm³/mol. The molecular weight excluding hydrogens is 288 g/mol. The minimum absolute atomic E-state index is 0.0818. The highest BCUT2D eigenvalue weighted by Crippen LogP contribution is 2.14. The molecule has 22 heavy (non-hydrogen) atoms. The van der Waals surface area contributed by atoms with Crippen molar-refractivity contribution in [2.45, 2.75) is 18.9 Å². The highest BCUT2D eigenvalue weighted by Gasteiger charge is 2.26. The minimum atomic E-state index is -0.180. The largest absolute Gasteiger partial charge is 0.438 e.